The largest absolute Gasteiger partial charge is 0.437 e. The van der Waals surface area contributed by atoms with E-state index in [1.165, 1.54) is 17.6 Å². The predicted molar refractivity (Wildman–Crippen MR) is 88.9 cm³/mol. The third-order valence-electron chi connectivity index (χ3n) is 4.63. The van der Waals surface area contributed by atoms with Gasteiger partial charge in [-0.1, -0.05) is 12.1 Å². The molecule has 1 fully saturated rings. The van der Waals surface area contributed by atoms with E-state index in [0.29, 0.717) is 12.1 Å². The fourth-order valence-electron chi connectivity index (χ4n) is 3.18. The van der Waals surface area contributed by atoms with Crippen LogP contribution in [-0.2, 0) is 6.18 Å². The van der Waals surface area contributed by atoms with Gasteiger partial charge in [0.05, 0.1) is 11.6 Å². The molecular weight excluding hydrogens is 420 g/mol. The fourth-order valence-corrected chi connectivity index (χ4v) is 3.18. The number of halogens is 6. The van der Waals surface area contributed by atoms with Crippen molar-refractivity contribution in [2.45, 2.75) is 24.1 Å². The number of ketones is 1. The molecule has 3 atom stereocenters. The maximum absolute atomic E-state index is 13.7. The lowest BCUT2D eigenvalue weighted by Crippen LogP contribution is -2.72. The monoisotopic (exact) mass is 433 g/mol. The standard InChI is InChI=1S/C18H13F6N3O3/c19-17(20,21)11-5-3-9(4-6-11)13-12(14(28)10-2-1-7-25-8-10)16(30,18(22,23)24)27-15(29)26-13/h1-8,12-13,30H,(H2,26,27,29)/t12-,13-,16+/m1/s1. The van der Waals surface area contributed by atoms with Gasteiger partial charge in [-0.05, 0) is 29.8 Å². The first-order chi connectivity index (χ1) is 13.8. The number of aromatic nitrogens is 1. The van der Waals surface area contributed by atoms with E-state index in [1.54, 1.807) is 0 Å². The van der Waals surface area contributed by atoms with Gasteiger partial charge in [0.15, 0.2) is 5.78 Å². The van der Waals surface area contributed by atoms with Crippen LogP contribution in [-0.4, -0.2) is 33.8 Å². The Labute approximate surface area is 164 Å². The van der Waals surface area contributed by atoms with Crippen molar-refractivity contribution in [3.05, 3.63) is 65.5 Å². The molecule has 3 rings (SSSR count). The molecule has 160 valence electrons. The van der Waals surface area contributed by atoms with E-state index in [9.17, 15) is 41.0 Å². The van der Waals surface area contributed by atoms with E-state index in [1.807, 2.05) is 0 Å². The highest BCUT2D eigenvalue weighted by Crippen LogP contribution is 2.44. The molecule has 1 aromatic carbocycles. The lowest BCUT2D eigenvalue weighted by molar-refractivity contribution is -0.287. The summed E-state index contributed by atoms with van der Waals surface area (Å²) in [5, 5.41) is 13.8. The Bertz CT molecular complexity index is 946. The van der Waals surface area contributed by atoms with E-state index in [4.69, 9.17) is 0 Å². The summed E-state index contributed by atoms with van der Waals surface area (Å²) in [6.45, 7) is 0. The summed E-state index contributed by atoms with van der Waals surface area (Å²) in [6, 6.07) is 2.08. The molecule has 0 unspecified atom stereocenters. The third-order valence-corrected chi connectivity index (χ3v) is 4.63. The summed E-state index contributed by atoms with van der Waals surface area (Å²) in [5.41, 5.74) is -5.58. The summed E-state index contributed by atoms with van der Waals surface area (Å²) in [4.78, 5) is 28.4. The normalized spacial score (nSPS) is 24.7. The first-order valence-corrected chi connectivity index (χ1v) is 8.34. The van der Waals surface area contributed by atoms with E-state index in [0.717, 1.165) is 24.4 Å². The highest BCUT2D eigenvalue weighted by molar-refractivity contribution is 6.00. The summed E-state index contributed by atoms with van der Waals surface area (Å²) in [7, 11) is 0. The van der Waals surface area contributed by atoms with Crippen molar-refractivity contribution in [3.8, 4) is 0 Å². The maximum atomic E-state index is 13.7. The zero-order valence-corrected chi connectivity index (χ0v) is 14.8. The highest BCUT2D eigenvalue weighted by Gasteiger charge is 2.66. The molecule has 2 amide bonds. The Balaban J connectivity index is 2.13. The summed E-state index contributed by atoms with van der Waals surface area (Å²) < 4.78 is 79.6. The fraction of sp³-hybridized carbons (Fsp3) is 0.278. The van der Waals surface area contributed by atoms with Crippen molar-refractivity contribution in [3.63, 3.8) is 0 Å². The first kappa shape index (κ1) is 21.6. The van der Waals surface area contributed by atoms with E-state index >= 15 is 0 Å². The van der Waals surface area contributed by atoms with Gasteiger partial charge in [-0.15, -0.1) is 0 Å². The highest BCUT2D eigenvalue weighted by atomic mass is 19.4. The van der Waals surface area contributed by atoms with Crippen LogP contribution in [0.4, 0.5) is 31.1 Å². The van der Waals surface area contributed by atoms with Gasteiger partial charge in [0.2, 0.25) is 5.72 Å². The van der Waals surface area contributed by atoms with Gasteiger partial charge in [0, 0.05) is 18.0 Å². The van der Waals surface area contributed by atoms with Crippen LogP contribution in [0, 0.1) is 5.92 Å². The summed E-state index contributed by atoms with van der Waals surface area (Å²) in [5.74, 6) is -3.57. The van der Waals surface area contributed by atoms with Crippen molar-refractivity contribution in [1.29, 1.82) is 0 Å². The van der Waals surface area contributed by atoms with Gasteiger partial charge in [-0.2, -0.15) is 26.3 Å². The van der Waals surface area contributed by atoms with Crippen LogP contribution in [0.5, 0.6) is 0 Å². The number of benzene rings is 1. The molecule has 6 nitrogen and oxygen atoms in total. The van der Waals surface area contributed by atoms with Crippen LogP contribution in [0.2, 0.25) is 0 Å². The van der Waals surface area contributed by atoms with Crippen molar-refractivity contribution < 1.29 is 41.0 Å². The number of hydrogen-bond donors (Lipinski definition) is 3. The van der Waals surface area contributed by atoms with Crippen LogP contribution >= 0.6 is 0 Å². The molecule has 1 aromatic heterocycles. The average Bonchev–Trinajstić information content (AvgIpc) is 2.66. The van der Waals surface area contributed by atoms with Crippen LogP contribution < -0.4 is 10.6 Å². The molecule has 0 radical (unpaired) electrons. The van der Waals surface area contributed by atoms with Gasteiger partial charge in [0.25, 0.3) is 0 Å². The predicted octanol–water partition coefficient (Wildman–Crippen LogP) is 3.20. The smallest absolute Gasteiger partial charge is 0.363 e. The molecule has 2 aromatic rings. The molecular formula is C18H13F6N3O3. The lowest BCUT2D eigenvalue weighted by atomic mass is 9.77. The van der Waals surface area contributed by atoms with Gasteiger partial charge in [0.1, 0.15) is 5.92 Å². The van der Waals surface area contributed by atoms with Gasteiger partial charge in [-0.3, -0.25) is 9.78 Å². The Morgan fingerprint density at radius 3 is 2.20 bits per heavy atom. The zero-order valence-electron chi connectivity index (χ0n) is 14.8. The molecule has 3 N–H and O–H groups in total. The number of Topliss-reactive ketones (excluding diaryl/α,β-unsaturated/α-hetero) is 1. The van der Waals surface area contributed by atoms with Crippen LogP contribution in [0.1, 0.15) is 27.5 Å². The second kappa shape index (κ2) is 7.27. The number of nitrogens with one attached hydrogen (secondary N) is 2. The van der Waals surface area contributed by atoms with Crippen LogP contribution in [0.15, 0.2) is 48.8 Å². The second-order valence-corrected chi connectivity index (χ2v) is 6.54. The number of nitrogens with zero attached hydrogens (tertiary/aromatic N) is 1. The molecule has 1 aliphatic heterocycles. The van der Waals surface area contributed by atoms with Crippen LogP contribution in [0.25, 0.3) is 0 Å². The zero-order chi connectivity index (χ0) is 22.3. The van der Waals surface area contributed by atoms with E-state index < -0.39 is 47.4 Å². The molecule has 1 aliphatic rings. The molecule has 2 heterocycles. The molecule has 1 saturated heterocycles. The van der Waals surface area contributed by atoms with Crippen molar-refractivity contribution in [1.82, 2.24) is 15.6 Å². The number of pyridine rings is 1. The number of rotatable bonds is 3. The quantitative estimate of drug-likeness (QED) is 0.512. The Morgan fingerprint density at radius 1 is 1.07 bits per heavy atom. The SMILES string of the molecule is O=C1N[C@H](c2ccc(C(F)(F)F)cc2)[C@H](C(=O)c2cccnc2)[C@](O)(C(F)(F)F)N1. The molecule has 12 heteroatoms. The number of alkyl halides is 6. The minimum absolute atomic E-state index is 0.234. The van der Waals surface area contributed by atoms with Gasteiger partial charge >= 0.3 is 18.4 Å². The molecule has 0 saturated carbocycles. The number of carbonyl (C=O) groups is 2. The number of carbonyl (C=O) groups excluding carboxylic acids is 2. The summed E-state index contributed by atoms with van der Waals surface area (Å²) in [6.07, 6.45) is -7.94. The topological polar surface area (TPSA) is 91.3 Å². The summed E-state index contributed by atoms with van der Waals surface area (Å²) >= 11 is 0. The second-order valence-electron chi connectivity index (χ2n) is 6.54. The van der Waals surface area contributed by atoms with Crippen molar-refractivity contribution in [2.24, 2.45) is 5.92 Å². The lowest BCUT2D eigenvalue weighted by Gasteiger charge is -2.45. The molecule has 0 aliphatic carbocycles. The van der Waals surface area contributed by atoms with Crippen molar-refractivity contribution in [2.75, 3.05) is 0 Å². The van der Waals surface area contributed by atoms with E-state index in [-0.39, 0.29) is 11.1 Å². The van der Waals surface area contributed by atoms with Crippen molar-refractivity contribution >= 4 is 11.8 Å². The Kier molecular flexibility index (Phi) is 5.23. The van der Waals surface area contributed by atoms with E-state index in [2.05, 4.69) is 10.3 Å². The Hall–Kier alpha value is -3.15. The molecule has 0 bridgehead atoms. The molecule has 30 heavy (non-hydrogen) atoms. The number of aliphatic hydroxyl groups is 1. The minimum atomic E-state index is -5.47. The average molecular weight is 433 g/mol. The first-order valence-electron chi connectivity index (χ1n) is 8.34. The maximum Gasteiger partial charge on any atom is 0.437 e. The number of urea groups is 1. The number of amides is 2. The minimum Gasteiger partial charge on any atom is -0.363 e. The van der Waals surface area contributed by atoms with Gasteiger partial charge < -0.3 is 15.7 Å². The number of hydrogen-bond acceptors (Lipinski definition) is 4. The third kappa shape index (κ3) is 3.82. The molecule has 0 spiro atoms. The van der Waals surface area contributed by atoms with Gasteiger partial charge in [-0.25, -0.2) is 4.79 Å². The van der Waals surface area contributed by atoms with Crippen LogP contribution in [0.3, 0.4) is 0 Å². The Morgan fingerprint density at radius 2 is 1.70 bits per heavy atom.